The van der Waals surface area contributed by atoms with Crippen molar-refractivity contribution in [2.24, 2.45) is 0 Å². The maximum atomic E-state index is 11.5. The monoisotopic (exact) mass is 226 g/mol. The fraction of sp³-hybridized carbons (Fsp3) is 0.364. The quantitative estimate of drug-likeness (QED) is 0.357. The van der Waals surface area contributed by atoms with E-state index in [9.17, 15) is 4.79 Å². The number of hydrogen-bond donors (Lipinski definition) is 1. The molecule has 0 spiro atoms. The largest absolute Gasteiger partial charge is 0.462 e. The number of esters is 1. The van der Waals surface area contributed by atoms with Crippen molar-refractivity contribution in [3.8, 4) is 5.75 Å². The van der Waals surface area contributed by atoms with Gasteiger partial charge in [-0.1, -0.05) is 12.1 Å². The highest BCUT2D eigenvalue weighted by Gasteiger charge is 2.14. The molecule has 0 aliphatic carbocycles. The Morgan fingerprint density at radius 3 is 2.75 bits per heavy atom. The van der Waals surface area contributed by atoms with Gasteiger partial charge in [-0.25, -0.2) is 4.79 Å². The fourth-order valence-electron chi connectivity index (χ4n) is 1.04. The van der Waals surface area contributed by atoms with E-state index in [1.165, 1.54) is 6.92 Å². The van der Waals surface area contributed by atoms with Crippen molar-refractivity contribution in [3.05, 3.63) is 29.8 Å². The SMILES string of the molecule is CCOC(=O)c1ccccc1OO[C@@H](C)O. The van der Waals surface area contributed by atoms with Gasteiger partial charge in [-0.2, -0.15) is 4.89 Å². The minimum atomic E-state index is -1.07. The van der Waals surface area contributed by atoms with Gasteiger partial charge in [0.2, 0.25) is 0 Å². The van der Waals surface area contributed by atoms with Crippen LogP contribution in [0, 0.1) is 0 Å². The van der Waals surface area contributed by atoms with Crippen LogP contribution in [0.4, 0.5) is 0 Å². The Labute approximate surface area is 93.5 Å². The van der Waals surface area contributed by atoms with Crippen molar-refractivity contribution in [2.45, 2.75) is 20.1 Å². The summed E-state index contributed by atoms with van der Waals surface area (Å²) in [7, 11) is 0. The van der Waals surface area contributed by atoms with Gasteiger partial charge in [0, 0.05) is 0 Å². The Morgan fingerprint density at radius 2 is 2.12 bits per heavy atom. The summed E-state index contributed by atoms with van der Waals surface area (Å²) in [4.78, 5) is 20.8. The van der Waals surface area contributed by atoms with E-state index in [4.69, 9.17) is 14.7 Å². The van der Waals surface area contributed by atoms with Crippen LogP contribution < -0.4 is 4.89 Å². The molecule has 0 aromatic heterocycles. The van der Waals surface area contributed by atoms with E-state index < -0.39 is 12.3 Å². The standard InChI is InChI=1S/C11H14O5/c1-3-14-11(13)9-6-4-5-7-10(9)16-15-8(2)12/h4-8,12H,3H2,1-2H3/t8-/m0/s1. The normalized spacial score (nSPS) is 11.9. The molecular weight excluding hydrogens is 212 g/mol. The number of aliphatic hydroxyl groups is 1. The van der Waals surface area contributed by atoms with Crippen LogP contribution in [0.3, 0.4) is 0 Å². The number of para-hydroxylation sites is 1. The van der Waals surface area contributed by atoms with E-state index >= 15 is 0 Å². The summed E-state index contributed by atoms with van der Waals surface area (Å²) in [5.41, 5.74) is 0.255. The van der Waals surface area contributed by atoms with E-state index in [1.54, 1.807) is 31.2 Å². The van der Waals surface area contributed by atoms with Crippen LogP contribution in [0.2, 0.25) is 0 Å². The fourth-order valence-corrected chi connectivity index (χ4v) is 1.04. The van der Waals surface area contributed by atoms with Gasteiger partial charge < -0.3 is 14.7 Å². The molecule has 0 unspecified atom stereocenters. The third-order valence-corrected chi connectivity index (χ3v) is 1.66. The molecule has 1 atom stereocenters. The second kappa shape index (κ2) is 6.09. The average Bonchev–Trinajstić information content (AvgIpc) is 2.27. The molecule has 1 aromatic carbocycles. The predicted octanol–water partition coefficient (Wildman–Crippen LogP) is 1.51. The second-order valence-electron chi connectivity index (χ2n) is 3.00. The van der Waals surface area contributed by atoms with E-state index in [-0.39, 0.29) is 17.9 Å². The number of aliphatic hydroxyl groups excluding tert-OH is 1. The van der Waals surface area contributed by atoms with E-state index in [2.05, 4.69) is 4.89 Å². The summed E-state index contributed by atoms with van der Waals surface area (Å²) < 4.78 is 4.84. The molecule has 16 heavy (non-hydrogen) atoms. The number of carbonyl (C=O) groups excluding carboxylic acids is 1. The van der Waals surface area contributed by atoms with Gasteiger partial charge >= 0.3 is 5.97 Å². The van der Waals surface area contributed by atoms with Crippen LogP contribution in [0.15, 0.2) is 24.3 Å². The van der Waals surface area contributed by atoms with Crippen LogP contribution >= 0.6 is 0 Å². The van der Waals surface area contributed by atoms with E-state index in [0.717, 1.165) is 0 Å². The smallest absolute Gasteiger partial charge is 0.342 e. The molecule has 0 fully saturated rings. The van der Waals surface area contributed by atoms with Crippen molar-refractivity contribution < 1.29 is 24.4 Å². The molecule has 0 saturated heterocycles. The molecule has 0 saturated carbocycles. The third-order valence-electron chi connectivity index (χ3n) is 1.66. The zero-order valence-electron chi connectivity index (χ0n) is 9.17. The molecule has 88 valence electrons. The lowest BCUT2D eigenvalue weighted by Crippen LogP contribution is -2.12. The van der Waals surface area contributed by atoms with Gasteiger partial charge in [-0.15, -0.1) is 0 Å². The molecule has 0 radical (unpaired) electrons. The number of rotatable bonds is 5. The summed E-state index contributed by atoms with van der Waals surface area (Å²) in [6.45, 7) is 3.39. The Kier molecular flexibility index (Phi) is 4.75. The van der Waals surface area contributed by atoms with Crippen molar-refractivity contribution in [3.63, 3.8) is 0 Å². The molecule has 1 N–H and O–H groups in total. The lowest BCUT2D eigenvalue weighted by molar-refractivity contribution is -0.298. The highest BCUT2D eigenvalue weighted by Crippen LogP contribution is 2.19. The minimum absolute atomic E-state index is 0.210. The van der Waals surface area contributed by atoms with Gasteiger partial charge in [-0.3, -0.25) is 0 Å². The summed E-state index contributed by atoms with van der Waals surface area (Å²) in [5.74, 6) is -0.283. The third kappa shape index (κ3) is 3.52. The van der Waals surface area contributed by atoms with Crippen LogP contribution in [-0.2, 0) is 9.62 Å². The molecule has 0 aliphatic rings. The predicted molar refractivity (Wildman–Crippen MR) is 55.8 cm³/mol. The summed E-state index contributed by atoms with van der Waals surface area (Å²) in [5, 5.41) is 8.88. The first-order chi connectivity index (χ1) is 7.65. The van der Waals surface area contributed by atoms with Crippen LogP contribution in [-0.4, -0.2) is 24.0 Å². The lowest BCUT2D eigenvalue weighted by atomic mass is 10.2. The zero-order chi connectivity index (χ0) is 12.0. The van der Waals surface area contributed by atoms with Gasteiger partial charge in [-0.05, 0) is 26.0 Å². The first kappa shape index (κ1) is 12.5. The van der Waals surface area contributed by atoms with Gasteiger partial charge in [0.1, 0.15) is 5.56 Å². The first-order valence-electron chi connectivity index (χ1n) is 4.92. The molecule has 0 amide bonds. The molecule has 5 heteroatoms. The molecular formula is C11H14O5. The highest BCUT2D eigenvalue weighted by molar-refractivity contribution is 5.92. The highest BCUT2D eigenvalue weighted by atomic mass is 17.2. The molecule has 0 heterocycles. The zero-order valence-corrected chi connectivity index (χ0v) is 9.17. The number of benzene rings is 1. The van der Waals surface area contributed by atoms with Crippen molar-refractivity contribution in [2.75, 3.05) is 6.61 Å². The summed E-state index contributed by atoms with van der Waals surface area (Å²) in [6, 6.07) is 6.47. The molecule has 1 aromatic rings. The van der Waals surface area contributed by atoms with Crippen molar-refractivity contribution in [1.29, 1.82) is 0 Å². The first-order valence-corrected chi connectivity index (χ1v) is 4.92. The van der Waals surface area contributed by atoms with Gasteiger partial charge in [0.25, 0.3) is 0 Å². The second-order valence-corrected chi connectivity index (χ2v) is 3.00. The van der Waals surface area contributed by atoms with Crippen LogP contribution in [0.1, 0.15) is 24.2 Å². The van der Waals surface area contributed by atoms with E-state index in [1.807, 2.05) is 0 Å². The van der Waals surface area contributed by atoms with Crippen LogP contribution in [0.25, 0.3) is 0 Å². The molecule has 5 nitrogen and oxygen atoms in total. The molecule has 1 rings (SSSR count). The summed E-state index contributed by atoms with van der Waals surface area (Å²) in [6.07, 6.45) is -1.07. The average molecular weight is 226 g/mol. The maximum absolute atomic E-state index is 11.5. The van der Waals surface area contributed by atoms with Crippen molar-refractivity contribution in [1.82, 2.24) is 0 Å². The minimum Gasteiger partial charge on any atom is -0.462 e. The summed E-state index contributed by atoms with van der Waals surface area (Å²) >= 11 is 0. The van der Waals surface area contributed by atoms with Gasteiger partial charge in [0.15, 0.2) is 12.0 Å². The van der Waals surface area contributed by atoms with E-state index in [0.29, 0.717) is 0 Å². The Morgan fingerprint density at radius 1 is 1.44 bits per heavy atom. The number of ether oxygens (including phenoxy) is 1. The topological polar surface area (TPSA) is 65.0 Å². The number of carbonyl (C=O) groups is 1. The number of hydrogen-bond acceptors (Lipinski definition) is 5. The Hall–Kier alpha value is -1.59. The van der Waals surface area contributed by atoms with Crippen molar-refractivity contribution >= 4 is 5.97 Å². The molecule has 0 aliphatic heterocycles. The van der Waals surface area contributed by atoms with Gasteiger partial charge in [0.05, 0.1) is 6.61 Å². The lowest BCUT2D eigenvalue weighted by Gasteiger charge is -2.10. The maximum Gasteiger partial charge on any atom is 0.342 e. The van der Waals surface area contributed by atoms with Crippen LogP contribution in [0.5, 0.6) is 5.75 Å². The molecule has 0 bridgehead atoms. The Bertz CT molecular complexity index is 348. The Balaban J connectivity index is 2.78.